The number of rotatable bonds is 4. The minimum absolute atomic E-state index is 0.0725. The van der Waals surface area contributed by atoms with E-state index in [0.717, 1.165) is 24.0 Å². The Labute approximate surface area is 111 Å². The first-order valence-corrected chi connectivity index (χ1v) is 6.70. The van der Waals surface area contributed by atoms with Gasteiger partial charge in [-0.05, 0) is 54.4 Å². The molecule has 0 fully saturated rings. The van der Waals surface area contributed by atoms with Crippen LogP contribution in [0.25, 0.3) is 0 Å². The Hall–Kier alpha value is -0.890. The molecule has 0 radical (unpaired) electrons. The lowest BCUT2D eigenvalue weighted by atomic mass is 9.82. The van der Waals surface area contributed by atoms with Gasteiger partial charge in [0.15, 0.2) is 0 Å². The van der Waals surface area contributed by atoms with Crippen LogP contribution in [-0.2, 0) is 0 Å². The van der Waals surface area contributed by atoms with Gasteiger partial charge < -0.3 is 5.73 Å². The smallest absolute Gasteiger partial charge is 0.123 e. The molecule has 0 aliphatic carbocycles. The predicted molar refractivity (Wildman–Crippen MR) is 75.9 cm³/mol. The largest absolute Gasteiger partial charge is 0.324 e. The normalized spacial score (nSPS) is 15.5. The van der Waals surface area contributed by atoms with Crippen molar-refractivity contribution in [1.29, 1.82) is 0 Å². The molecule has 1 rings (SSSR count). The number of hydrogen-bond donors (Lipinski definition) is 1. The van der Waals surface area contributed by atoms with Crippen LogP contribution in [0.3, 0.4) is 0 Å². The van der Waals surface area contributed by atoms with E-state index in [0.29, 0.717) is 11.3 Å². The van der Waals surface area contributed by atoms with E-state index < -0.39 is 0 Å². The molecule has 102 valence electrons. The summed E-state index contributed by atoms with van der Waals surface area (Å²) in [5.41, 5.74) is 8.35. The lowest BCUT2D eigenvalue weighted by Crippen LogP contribution is -2.18. The molecule has 2 heteroatoms. The Bertz CT molecular complexity index is 372. The lowest BCUT2D eigenvalue weighted by molar-refractivity contribution is 0.286. The fourth-order valence-electron chi connectivity index (χ4n) is 2.68. The van der Waals surface area contributed by atoms with Crippen LogP contribution in [0.1, 0.15) is 57.7 Å². The Kier molecular flexibility index (Phi) is 4.92. The van der Waals surface area contributed by atoms with Crippen LogP contribution < -0.4 is 5.73 Å². The zero-order valence-electron chi connectivity index (χ0n) is 12.3. The molecule has 0 spiro atoms. The highest BCUT2D eigenvalue weighted by Crippen LogP contribution is 2.29. The van der Waals surface area contributed by atoms with E-state index in [1.165, 1.54) is 6.07 Å². The maximum absolute atomic E-state index is 13.3. The van der Waals surface area contributed by atoms with Gasteiger partial charge in [0.25, 0.3) is 0 Å². The van der Waals surface area contributed by atoms with Gasteiger partial charge in [-0.1, -0.05) is 33.8 Å². The third-order valence-corrected chi connectivity index (χ3v) is 3.11. The van der Waals surface area contributed by atoms with Crippen molar-refractivity contribution in [2.75, 3.05) is 0 Å². The first-order valence-electron chi connectivity index (χ1n) is 6.70. The molecule has 1 nitrogen and oxygen atoms in total. The second kappa shape index (κ2) is 5.83. The molecule has 1 aromatic rings. The number of hydrogen-bond acceptors (Lipinski definition) is 1. The second-order valence-corrected chi connectivity index (χ2v) is 6.77. The zero-order valence-corrected chi connectivity index (χ0v) is 12.3. The van der Waals surface area contributed by atoms with Crippen molar-refractivity contribution in [3.63, 3.8) is 0 Å². The fraction of sp³-hybridized carbons (Fsp3) is 0.625. The summed E-state index contributed by atoms with van der Waals surface area (Å²) >= 11 is 0. The van der Waals surface area contributed by atoms with Crippen molar-refractivity contribution in [3.05, 3.63) is 35.1 Å². The van der Waals surface area contributed by atoms with E-state index in [4.69, 9.17) is 5.73 Å². The summed E-state index contributed by atoms with van der Waals surface area (Å²) < 4.78 is 13.3. The summed E-state index contributed by atoms with van der Waals surface area (Å²) in [6.45, 7) is 10.8. The summed E-state index contributed by atoms with van der Waals surface area (Å²) in [7, 11) is 0. The van der Waals surface area contributed by atoms with Crippen LogP contribution in [0.2, 0.25) is 0 Å². The molecule has 1 aromatic carbocycles. The number of nitrogens with two attached hydrogens (primary N) is 1. The number of halogens is 1. The summed E-state index contributed by atoms with van der Waals surface area (Å²) in [6, 6.07) is 5.00. The van der Waals surface area contributed by atoms with E-state index in [-0.39, 0.29) is 11.9 Å². The number of aryl methyl sites for hydroxylation is 1. The van der Waals surface area contributed by atoms with Gasteiger partial charge in [0.2, 0.25) is 0 Å². The van der Waals surface area contributed by atoms with Crippen LogP contribution >= 0.6 is 0 Å². The van der Waals surface area contributed by atoms with E-state index in [1.54, 1.807) is 6.07 Å². The van der Waals surface area contributed by atoms with Crippen molar-refractivity contribution in [1.82, 2.24) is 0 Å². The van der Waals surface area contributed by atoms with Crippen molar-refractivity contribution >= 4 is 0 Å². The Balaban J connectivity index is 2.67. The highest BCUT2D eigenvalue weighted by molar-refractivity contribution is 5.26. The minimum Gasteiger partial charge on any atom is -0.324 e. The maximum Gasteiger partial charge on any atom is 0.123 e. The van der Waals surface area contributed by atoms with E-state index in [1.807, 2.05) is 13.0 Å². The molecule has 0 aromatic heterocycles. The summed E-state index contributed by atoms with van der Waals surface area (Å²) in [5.74, 6) is 0.354. The third-order valence-electron chi connectivity index (χ3n) is 3.11. The number of benzene rings is 1. The van der Waals surface area contributed by atoms with Gasteiger partial charge in [-0.25, -0.2) is 4.39 Å². The van der Waals surface area contributed by atoms with Crippen molar-refractivity contribution in [2.45, 2.75) is 53.5 Å². The molecular weight excluding hydrogens is 225 g/mol. The van der Waals surface area contributed by atoms with Gasteiger partial charge in [-0.3, -0.25) is 0 Å². The van der Waals surface area contributed by atoms with Gasteiger partial charge in [0, 0.05) is 6.04 Å². The molecule has 0 aliphatic heterocycles. The lowest BCUT2D eigenvalue weighted by Gasteiger charge is -2.25. The topological polar surface area (TPSA) is 26.0 Å². The molecule has 0 heterocycles. The standard InChI is InChI=1S/C16H26FN/c1-11-6-13(9-14(17)7-11)15(18)8-12(2)10-16(3,4)5/h6-7,9,12,15H,8,10,18H2,1-5H3. The second-order valence-electron chi connectivity index (χ2n) is 6.77. The Morgan fingerprint density at radius 3 is 2.33 bits per heavy atom. The molecule has 0 saturated carbocycles. The van der Waals surface area contributed by atoms with E-state index in [2.05, 4.69) is 27.7 Å². The molecule has 2 atom stereocenters. The van der Waals surface area contributed by atoms with Crippen LogP contribution in [-0.4, -0.2) is 0 Å². The molecule has 0 bridgehead atoms. The summed E-state index contributed by atoms with van der Waals surface area (Å²) in [4.78, 5) is 0. The van der Waals surface area contributed by atoms with Crippen molar-refractivity contribution in [2.24, 2.45) is 17.1 Å². The molecule has 0 aliphatic rings. The first kappa shape index (κ1) is 15.2. The Morgan fingerprint density at radius 2 is 1.83 bits per heavy atom. The SMILES string of the molecule is Cc1cc(F)cc(C(N)CC(C)CC(C)(C)C)c1. The van der Waals surface area contributed by atoms with E-state index in [9.17, 15) is 4.39 Å². The van der Waals surface area contributed by atoms with Crippen LogP contribution in [0.5, 0.6) is 0 Å². The highest BCUT2D eigenvalue weighted by Gasteiger charge is 2.18. The summed E-state index contributed by atoms with van der Waals surface area (Å²) in [6.07, 6.45) is 2.04. The first-order chi connectivity index (χ1) is 8.17. The van der Waals surface area contributed by atoms with Gasteiger partial charge >= 0.3 is 0 Å². The Morgan fingerprint density at radius 1 is 1.22 bits per heavy atom. The molecule has 2 unspecified atom stereocenters. The quantitative estimate of drug-likeness (QED) is 0.831. The van der Waals surface area contributed by atoms with Gasteiger partial charge in [-0.15, -0.1) is 0 Å². The zero-order chi connectivity index (χ0) is 13.9. The summed E-state index contributed by atoms with van der Waals surface area (Å²) in [5, 5.41) is 0. The molecule has 18 heavy (non-hydrogen) atoms. The van der Waals surface area contributed by atoms with Gasteiger partial charge in [0.1, 0.15) is 5.82 Å². The average molecular weight is 251 g/mol. The molecular formula is C16H26FN. The molecule has 0 amide bonds. The van der Waals surface area contributed by atoms with Crippen molar-refractivity contribution < 1.29 is 4.39 Å². The van der Waals surface area contributed by atoms with Crippen LogP contribution in [0.4, 0.5) is 4.39 Å². The van der Waals surface area contributed by atoms with Gasteiger partial charge in [0.05, 0.1) is 0 Å². The molecule has 0 saturated heterocycles. The average Bonchev–Trinajstić information content (AvgIpc) is 2.12. The maximum atomic E-state index is 13.3. The van der Waals surface area contributed by atoms with Crippen LogP contribution in [0, 0.1) is 24.1 Å². The third kappa shape index (κ3) is 5.18. The minimum atomic E-state index is -0.191. The fourth-order valence-corrected chi connectivity index (χ4v) is 2.68. The van der Waals surface area contributed by atoms with E-state index >= 15 is 0 Å². The monoisotopic (exact) mass is 251 g/mol. The van der Waals surface area contributed by atoms with Crippen LogP contribution in [0.15, 0.2) is 18.2 Å². The predicted octanol–water partition coefficient (Wildman–Crippen LogP) is 4.60. The van der Waals surface area contributed by atoms with Gasteiger partial charge in [-0.2, -0.15) is 0 Å². The van der Waals surface area contributed by atoms with Crippen molar-refractivity contribution in [3.8, 4) is 0 Å². The molecule has 2 N–H and O–H groups in total. The highest BCUT2D eigenvalue weighted by atomic mass is 19.1.